The lowest BCUT2D eigenvalue weighted by Crippen LogP contribution is -2.55. The summed E-state index contributed by atoms with van der Waals surface area (Å²) in [7, 11) is 5.42. The lowest BCUT2D eigenvalue weighted by Gasteiger charge is -2.34. The van der Waals surface area contributed by atoms with Crippen LogP contribution in [0.25, 0.3) is 0 Å². The van der Waals surface area contributed by atoms with E-state index in [9.17, 15) is 19.5 Å². The van der Waals surface area contributed by atoms with Gasteiger partial charge >= 0.3 is 11.9 Å². The average Bonchev–Trinajstić information content (AvgIpc) is 3.21. The number of quaternary nitrogens is 1. The average molecular weight is 848 g/mol. The van der Waals surface area contributed by atoms with Crippen LogP contribution in [0.2, 0.25) is 0 Å². The molecule has 0 saturated heterocycles. The fourth-order valence-corrected chi connectivity index (χ4v) is 7.63. The quantitative estimate of drug-likeness (QED) is 0.0260. The van der Waals surface area contributed by atoms with Crippen molar-refractivity contribution in [3.05, 3.63) is 24.3 Å². The Labute approximate surface area is 371 Å². The van der Waals surface area contributed by atoms with Gasteiger partial charge in [0.05, 0.1) is 40.3 Å². The summed E-state index contributed by atoms with van der Waals surface area (Å²) in [6, 6.07) is -0.724. The standard InChI is InChI=1S/C52H97NO7/c1-6-8-10-12-14-16-18-20-22-23-24-25-26-27-29-31-33-35-37-39-41-43-51(55)60-48(46-58-45-44-49(52(56)57)53(3,4)5)47-59-50(54)42-40-38-36-34-32-30-28-21-19-17-15-13-11-9-7-2/h18,20,23-24,48-49H,6-17,19,21-22,25-47H2,1-5H3/b20-18-,24-23-. The number of carboxylic acid groups (broad SMARTS) is 1. The maximum absolute atomic E-state index is 12.8. The third kappa shape index (κ3) is 41.2. The summed E-state index contributed by atoms with van der Waals surface area (Å²) >= 11 is 0. The van der Waals surface area contributed by atoms with Crippen molar-refractivity contribution in [1.29, 1.82) is 0 Å². The lowest BCUT2D eigenvalue weighted by atomic mass is 10.0. The summed E-state index contributed by atoms with van der Waals surface area (Å²) in [4.78, 5) is 37.0. The van der Waals surface area contributed by atoms with Gasteiger partial charge < -0.3 is 28.6 Å². The molecule has 60 heavy (non-hydrogen) atoms. The van der Waals surface area contributed by atoms with Crippen LogP contribution in [-0.4, -0.2) is 75.5 Å². The van der Waals surface area contributed by atoms with Gasteiger partial charge in [0.2, 0.25) is 0 Å². The van der Waals surface area contributed by atoms with E-state index < -0.39 is 18.1 Å². The summed E-state index contributed by atoms with van der Waals surface area (Å²) in [6.07, 6.45) is 49.1. The van der Waals surface area contributed by atoms with Crippen LogP contribution in [0.3, 0.4) is 0 Å². The van der Waals surface area contributed by atoms with Crippen LogP contribution in [0, 0.1) is 0 Å². The molecule has 0 aromatic carbocycles. The molecule has 0 rings (SSSR count). The summed E-state index contributed by atoms with van der Waals surface area (Å²) < 4.78 is 17.2. The molecule has 0 spiro atoms. The van der Waals surface area contributed by atoms with Crippen molar-refractivity contribution in [3.8, 4) is 0 Å². The number of carbonyl (C=O) groups excluding carboxylic acids is 3. The maximum atomic E-state index is 12.8. The Morgan fingerprint density at radius 2 is 0.883 bits per heavy atom. The Morgan fingerprint density at radius 3 is 1.28 bits per heavy atom. The molecule has 0 N–H and O–H groups in total. The molecule has 8 heteroatoms. The molecule has 0 bridgehead atoms. The van der Waals surface area contributed by atoms with E-state index >= 15 is 0 Å². The highest BCUT2D eigenvalue weighted by atomic mass is 16.6. The molecule has 0 aromatic rings. The maximum Gasteiger partial charge on any atom is 0.306 e. The van der Waals surface area contributed by atoms with E-state index in [1.807, 2.05) is 0 Å². The molecule has 0 heterocycles. The van der Waals surface area contributed by atoms with Gasteiger partial charge in [-0.05, 0) is 44.9 Å². The Balaban J connectivity index is 4.23. The molecule has 0 amide bonds. The molecule has 0 radical (unpaired) electrons. The van der Waals surface area contributed by atoms with E-state index in [4.69, 9.17) is 14.2 Å². The van der Waals surface area contributed by atoms with Gasteiger partial charge in [-0.2, -0.15) is 0 Å². The Bertz CT molecular complexity index is 1040. The van der Waals surface area contributed by atoms with Crippen molar-refractivity contribution in [1.82, 2.24) is 0 Å². The smallest absolute Gasteiger partial charge is 0.306 e. The van der Waals surface area contributed by atoms with Gasteiger partial charge in [0.15, 0.2) is 6.10 Å². The summed E-state index contributed by atoms with van der Waals surface area (Å²) in [5.41, 5.74) is 0. The van der Waals surface area contributed by atoms with Crippen LogP contribution < -0.4 is 5.11 Å². The number of nitrogens with zero attached hydrogens (tertiary/aromatic N) is 1. The number of esters is 2. The number of likely N-dealkylation sites (N-methyl/N-ethyl adjacent to an activating group) is 1. The first kappa shape index (κ1) is 57.8. The molecule has 2 unspecified atom stereocenters. The van der Waals surface area contributed by atoms with Crippen LogP contribution in [0.1, 0.15) is 239 Å². The first-order chi connectivity index (χ1) is 29.1. The van der Waals surface area contributed by atoms with Gasteiger partial charge in [0.25, 0.3) is 0 Å². The van der Waals surface area contributed by atoms with Gasteiger partial charge in [0.1, 0.15) is 12.6 Å². The van der Waals surface area contributed by atoms with Crippen molar-refractivity contribution in [3.63, 3.8) is 0 Å². The molecule has 0 saturated carbocycles. The summed E-state index contributed by atoms with van der Waals surface area (Å²) in [6.45, 7) is 4.68. The van der Waals surface area contributed by atoms with Crippen LogP contribution in [0.4, 0.5) is 0 Å². The van der Waals surface area contributed by atoms with E-state index in [-0.39, 0.29) is 42.7 Å². The predicted molar refractivity (Wildman–Crippen MR) is 250 cm³/mol. The number of carboxylic acids is 1. The number of aliphatic carboxylic acids is 1. The van der Waals surface area contributed by atoms with Crippen molar-refractivity contribution in [2.24, 2.45) is 0 Å². The number of unbranched alkanes of at least 4 members (excludes halogenated alkanes) is 28. The van der Waals surface area contributed by atoms with Crippen molar-refractivity contribution in [2.45, 2.75) is 251 Å². The molecule has 0 aliphatic carbocycles. The van der Waals surface area contributed by atoms with E-state index in [0.717, 1.165) is 44.9 Å². The highest BCUT2D eigenvalue weighted by molar-refractivity contribution is 5.70. The van der Waals surface area contributed by atoms with Crippen LogP contribution in [0.15, 0.2) is 24.3 Å². The fraction of sp³-hybridized carbons (Fsp3) is 0.865. The van der Waals surface area contributed by atoms with Gasteiger partial charge in [-0.25, -0.2) is 0 Å². The second-order valence-electron chi connectivity index (χ2n) is 18.4. The molecule has 0 aromatic heterocycles. The monoisotopic (exact) mass is 848 g/mol. The third-order valence-electron chi connectivity index (χ3n) is 11.6. The zero-order chi connectivity index (χ0) is 44.2. The molecule has 0 aliphatic rings. The minimum atomic E-state index is -1.12. The molecule has 2 atom stereocenters. The van der Waals surface area contributed by atoms with Crippen LogP contribution >= 0.6 is 0 Å². The van der Waals surface area contributed by atoms with Gasteiger partial charge in [0, 0.05) is 19.3 Å². The summed E-state index contributed by atoms with van der Waals surface area (Å²) in [5, 5.41) is 11.7. The Hall–Kier alpha value is -2.19. The van der Waals surface area contributed by atoms with Crippen LogP contribution in [0.5, 0.6) is 0 Å². The number of carbonyl (C=O) groups is 3. The van der Waals surface area contributed by atoms with Crippen LogP contribution in [-0.2, 0) is 28.6 Å². The van der Waals surface area contributed by atoms with E-state index in [1.165, 1.54) is 161 Å². The number of hydrogen-bond acceptors (Lipinski definition) is 7. The Morgan fingerprint density at radius 1 is 0.500 bits per heavy atom. The first-order valence-corrected chi connectivity index (χ1v) is 25.4. The number of hydrogen-bond donors (Lipinski definition) is 0. The Kier molecular flexibility index (Phi) is 41.9. The normalized spacial score (nSPS) is 13.0. The molecular formula is C52H97NO7. The molecule has 0 aliphatic heterocycles. The van der Waals surface area contributed by atoms with Crippen molar-refractivity contribution >= 4 is 17.9 Å². The fourth-order valence-electron chi connectivity index (χ4n) is 7.63. The van der Waals surface area contributed by atoms with Gasteiger partial charge in [-0.15, -0.1) is 0 Å². The van der Waals surface area contributed by atoms with E-state index in [0.29, 0.717) is 12.8 Å². The molecule has 8 nitrogen and oxygen atoms in total. The minimum Gasteiger partial charge on any atom is -0.544 e. The highest BCUT2D eigenvalue weighted by Crippen LogP contribution is 2.16. The third-order valence-corrected chi connectivity index (χ3v) is 11.6. The zero-order valence-electron chi connectivity index (χ0n) is 40.1. The zero-order valence-corrected chi connectivity index (χ0v) is 40.1. The number of allylic oxidation sites excluding steroid dienone is 4. The molecule has 352 valence electrons. The minimum absolute atomic E-state index is 0.0435. The topological polar surface area (TPSA) is 102 Å². The van der Waals surface area contributed by atoms with Gasteiger partial charge in [-0.3, -0.25) is 9.59 Å². The van der Waals surface area contributed by atoms with Crippen molar-refractivity contribution < 1.29 is 38.2 Å². The lowest BCUT2D eigenvalue weighted by molar-refractivity contribution is -0.889. The highest BCUT2D eigenvalue weighted by Gasteiger charge is 2.25. The first-order valence-electron chi connectivity index (χ1n) is 25.4. The second-order valence-corrected chi connectivity index (χ2v) is 18.4. The number of ether oxygens (including phenoxy) is 3. The van der Waals surface area contributed by atoms with E-state index in [2.05, 4.69) is 38.2 Å². The largest absolute Gasteiger partial charge is 0.544 e. The predicted octanol–water partition coefficient (Wildman–Crippen LogP) is 13.1. The van der Waals surface area contributed by atoms with Crippen molar-refractivity contribution in [2.75, 3.05) is 41.0 Å². The van der Waals surface area contributed by atoms with Gasteiger partial charge in [-0.1, -0.05) is 199 Å². The molecule has 0 fully saturated rings. The molecular weight excluding hydrogens is 751 g/mol. The summed E-state index contributed by atoms with van der Waals surface area (Å²) in [5.74, 6) is -1.72. The van der Waals surface area contributed by atoms with E-state index in [1.54, 1.807) is 21.1 Å². The number of rotatable bonds is 46. The second kappa shape index (κ2) is 43.5. The SMILES string of the molecule is CCCCCCC/C=C\C/C=C\CCCCCCCCCCCC(=O)OC(COCCC(C(=O)[O-])[N+](C)(C)C)COC(=O)CCCCCCCCCCCCCCCCC.